The van der Waals surface area contributed by atoms with Gasteiger partial charge in [-0.3, -0.25) is 14.4 Å². The minimum atomic E-state index is -0.424. The van der Waals surface area contributed by atoms with Crippen LogP contribution in [0.25, 0.3) is 0 Å². The van der Waals surface area contributed by atoms with Crippen LogP contribution in [0.1, 0.15) is 47.7 Å². The van der Waals surface area contributed by atoms with E-state index in [-0.39, 0.29) is 17.9 Å². The average molecular weight is 408 g/mol. The van der Waals surface area contributed by atoms with E-state index in [9.17, 15) is 14.4 Å². The highest BCUT2D eigenvalue weighted by Gasteiger charge is 2.24. The van der Waals surface area contributed by atoms with Crippen molar-refractivity contribution in [3.8, 4) is 5.75 Å². The number of aryl methyl sites for hydroxylation is 2. The average Bonchev–Trinajstić information content (AvgIpc) is 2.72. The van der Waals surface area contributed by atoms with Crippen LogP contribution in [0.5, 0.6) is 5.75 Å². The molecule has 1 saturated heterocycles. The van der Waals surface area contributed by atoms with Gasteiger partial charge in [0.05, 0.1) is 0 Å². The van der Waals surface area contributed by atoms with Gasteiger partial charge in [-0.25, -0.2) is 0 Å². The number of hydrogen-bond donors (Lipinski definition) is 1. The Labute approximate surface area is 177 Å². The van der Waals surface area contributed by atoms with Crippen LogP contribution >= 0.6 is 0 Å². The van der Waals surface area contributed by atoms with Gasteiger partial charge in [0.25, 0.3) is 5.91 Å². The zero-order chi connectivity index (χ0) is 21.5. The lowest BCUT2D eigenvalue weighted by molar-refractivity contribution is -0.133. The van der Waals surface area contributed by atoms with Gasteiger partial charge < -0.3 is 15.0 Å². The molecule has 0 aromatic heterocycles. The standard InChI is InChI=1S/C24H28N2O4/c1-17-5-3-6-19(15-17)9-10-23(28)26-13-11-21(12-14-26)25-24(29)20-7-4-8-22(16-20)30-18(2)27/h3-8,15-16,21H,9-14H2,1-2H3,(H,25,29). The van der Waals surface area contributed by atoms with Crippen molar-refractivity contribution in [1.82, 2.24) is 10.2 Å². The van der Waals surface area contributed by atoms with Crippen molar-refractivity contribution >= 4 is 17.8 Å². The molecule has 0 radical (unpaired) electrons. The molecular formula is C24H28N2O4. The van der Waals surface area contributed by atoms with Gasteiger partial charge in [-0.1, -0.05) is 35.9 Å². The molecule has 0 unspecified atom stereocenters. The lowest BCUT2D eigenvalue weighted by Gasteiger charge is -2.32. The van der Waals surface area contributed by atoms with E-state index in [1.54, 1.807) is 24.3 Å². The van der Waals surface area contributed by atoms with Gasteiger partial charge in [0.1, 0.15) is 5.75 Å². The van der Waals surface area contributed by atoms with Gasteiger partial charge in [-0.15, -0.1) is 0 Å². The zero-order valence-electron chi connectivity index (χ0n) is 17.5. The summed E-state index contributed by atoms with van der Waals surface area (Å²) in [5, 5.41) is 3.02. The molecule has 1 N–H and O–H groups in total. The summed E-state index contributed by atoms with van der Waals surface area (Å²) in [7, 11) is 0. The number of carbonyl (C=O) groups is 3. The third-order valence-corrected chi connectivity index (χ3v) is 5.25. The number of rotatable bonds is 6. The molecule has 1 fully saturated rings. The predicted molar refractivity (Wildman–Crippen MR) is 114 cm³/mol. The molecule has 6 heteroatoms. The fraction of sp³-hybridized carbons (Fsp3) is 0.375. The summed E-state index contributed by atoms with van der Waals surface area (Å²) in [5.41, 5.74) is 2.83. The van der Waals surface area contributed by atoms with E-state index >= 15 is 0 Å². The second-order valence-corrected chi connectivity index (χ2v) is 7.74. The number of piperidine rings is 1. The molecule has 2 aromatic carbocycles. The molecule has 30 heavy (non-hydrogen) atoms. The Morgan fingerprint density at radius 1 is 1.07 bits per heavy atom. The van der Waals surface area contributed by atoms with Gasteiger partial charge in [-0.05, 0) is 49.9 Å². The van der Waals surface area contributed by atoms with E-state index in [1.165, 1.54) is 18.1 Å². The number of likely N-dealkylation sites (tertiary alicyclic amines) is 1. The SMILES string of the molecule is CC(=O)Oc1cccc(C(=O)NC2CCN(C(=O)CCc3cccc(C)c3)CC2)c1. The lowest BCUT2D eigenvalue weighted by atomic mass is 10.0. The Balaban J connectivity index is 1.45. The topological polar surface area (TPSA) is 75.7 Å². The zero-order valence-corrected chi connectivity index (χ0v) is 17.5. The summed E-state index contributed by atoms with van der Waals surface area (Å²) in [5.74, 6) is -0.111. The highest BCUT2D eigenvalue weighted by atomic mass is 16.5. The molecule has 1 heterocycles. The molecule has 6 nitrogen and oxygen atoms in total. The molecule has 0 bridgehead atoms. The van der Waals surface area contributed by atoms with Crippen molar-refractivity contribution in [2.24, 2.45) is 0 Å². The molecule has 1 aliphatic heterocycles. The first-order chi connectivity index (χ1) is 14.4. The highest BCUT2D eigenvalue weighted by Crippen LogP contribution is 2.16. The normalized spacial score (nSPS) is 14.3. The van der Waals surface area contributed by atoms with Crippen LogP contribution in [0.2, 0.25) is 0 Å². The van der Waals surface area contributed by atoms with Crippen molar-refractivity contribution < 1.29 is 19.1 Å². The first kappa shape index (κ1) is 21.6. The summed E-state index contributed by atoms with van der Waals surface area (Å²) >= 11 is 0. The monoisotopic (exact) mass is 408 g/mol. The van der Waals surface area contributed by atoms with Crippen LogP contribution in [0, 0.1) is 6.92 Å². The molecule has 1 aliphatic rings. The summed E-state index contributed by atoms with van der Waals surface area (Å²) in [6, 6.07) is 14.8. The number of esters is 1. The third-order valence-electron chi connectivity index (χ3n) is 5.25. The van der Waals surface area contributed by atoms with Crippen molar-refractivity contribution in [2.75, 3.05) is 13.1 Å². The van der Waals surface area contributed by atoms with E-state index in [1.807, 2.05) is 11.0 Å². The molecule has 0 saturated carbocycles. The first-order valence-corrected chi connectivity index (χ1v) is 10.3. The molecule has 0 atom stereocenters. The molecule has 158 valence electrons. The highest BCUT2D eigenvalue weighted by molar-refractivity contribution is 5.95. The van der Waals surface area contributed by atoms with Crippen LogP contribution in [-0.2, 0) is 16.0 Å². The van der Waals surface area contributed by atoms with Crippen molar-refractivity contribution in [3.05, 3.63) is 65.2 Å². The van der Waals surface area contributed by atoms with Crippen LogP contribution in [-0.4, -0.2) is 41.8 Å². The van der Waals surface area contributed by atoms with Crippen LogP contribution in [0.15, 0.2) is 48.5 Å². The lowest BCUT2D eigenvalue weighted by Crippen LogP contribution is -2.46. The van der Waals surface area contributed by atoms with Crippen LogP contribution in [0.4, 0.5) is 0 Å². The third kappa shape index (κ3) is 6.17. The molecular weight excluding hydrogens is 380 g/mol. The van der Waals surface area contributed by atoms with E-state index in [0.717, 1.165) is 19.3 Å². The van der Waals surface area contributed by atoms with E-state index in [0.29, 0.717) is 30.8 Å². The number of hydrogen-bond acceptors (Lipinski definition) is 4. The maximum atomic E-state index is 12.5. The molecule has 0 spiro atoms. The Bertz CT molecular complexity index is 917. The van der Waals surface area contributed by atoms with E-state index < -0.39 is 5.97 Å². The molecule has 3 rings (SSSR count). The Hall–Kier alpha value is -3.15. The maximum absolute atomic E-state index is 12.5. The van der Waals surface area contributed by atoms with Crippen molar-refractivity contribution in [2.45, 2.75) is 45.6 Å². The largest absolute Gasteiger partial charge is 0.427 e. The van der Waals surface area contributed by atoms with Crippen LogP contribution < -0.4 is 10.1 Å². The second kappa shape index (κ2) is 10.1. The summed E-state index contributed by atoms with van der Waals surface area (Å²) in [6.45, 7) is 4.66. The molecule has 2 amide bonds. The summed E-state index contributed by atoms with van der Waals surface area (Å²) < 4.78 is 5.03. The van der Waals surface area contributed by atoms with Crippen LogP contribution in [0.3, 0.4) is 0 Å². The smallest absolute Gasteiger partial charge is 0.308 e. The van der Waals surface area contributed by atoms with Gasteiger partial charge in [0, 0.05) is 38.0 Å². The Morgan fingerprint density at radius 2 is 1.80 bits per heavy atom. The van der Waals surface area contributed by atoms with Crippen molar-refractivity contribution in [3.63, 3.8) is 0 Å². The minimum Gasteiger partial charge on any atom is -0.427 e. The number of carbonyl (C=O) groups excluding carboxylic acids is 3. The number of nitrogens with one attached hydrogen (secondary N) is 1. The second-order valence-electron chi connectivity index (χ2n) is 7.74. The summed E-state index contributed by atoms with van der Waals surface area (Å²) in [6.07, 6.45) is 2.70. The first-order valence-electron chi connectivity index (χ1n) is 10.3. The van der Waals surface area contributed by atoms with Crippen molar-refractivity contribution in [1.29, 1.82) is 0 Å². The Morgan fingerprint density at radius 3 is 2.50 bits per heavy atom. The number of benzene rings is 2. The number of nitrogens with zero attached hydrogens (tertiary/aromatic N) is 1. The van der Waals surface area contributed by atoms with Gasteiger partial charge >= 0.3 is 5.97 Å². The fourth-order valence-electron chi connectivity index (χ4n) is 3.69. The predicted octanol–water partition coefficient (Wildman–Crippen LogP) is 3.27. The Kier molecular flexibility index (Phi) is 7.22. The minimum absolute atomic E-state index is 0.0238. The van der Waals surface area contributed by atoms with Gasteiger partial charge in [0.15, 0.2) is 0 Å². The van der Waals surface area contributed by atoms with E-state index in [2.05, 4.69) is 30.4 Å². The molecule has 0 aliphatic carbocycles. The number of amides is 2. The fourth-order valence-corrected chi connectivity index (χ4v) is 3.69. The van der Waals surface area contributed by atoms with Gasteiger partial charge in [-0.2, -0.15) is 0 Å². The quantitative estimate of drug-likeness (QED) is 0.588. The molecule has 2 aromatic rings. The van der Waals surface area contributed by atoms with E-state index in [4.69, 9.17) is 4.74 Å². The number of ether oxygens (including phenoxy) is 1. The summed E-state index contributed by atoms with van der Waals surface area (Å²) in [4.78, 5) is 38.0. The van der Waals surface area contributed by atoms with Gasteiger partial charge in [0.2, 0.25) is 5.91 Å². The maximum Gasteiger partial charge on any atom is 0.308 e.